The SMILES string of the molecule is NC(=O)c1cc(NCc2cc[nH]c2)ccc1Cl. The predicted octanol–water partition coefficient (Wildman–Crippen LogP) is 2.38. The molecule has 0 spiro atoms. The van der Waals surface area contributed by atoms with Gasteiger partial charge in [0.1, 0.15) is 0 Å². The fraction of sp³-hybridized carbons (Fsp3) is 0.0833. The van der Waals surface area contributed by atoms with Crippen LogP contribution in [0.3, 0.4) is 0 Å². The lowest BCUT2D eigenvalue weighted by molar-refractivity contribution is 0.100. The van der Waals surface area contributed by atoms with Crippen LogP contribution in [0, 0.1) is 0 Å². The Kier molecular flexibility index (Phi) is 3.35. The van der Waals surface area contributed by atoms with E-state index in [1.54, 1.807) is 18.2 Å². The molecule has 2 rings (SSSR count). The Morgan fingerprint density at radius 1 is 1.41 bits per heavy atom. The fourth-order valence-electron chi connectivity index (χ4n) is 1.50. The number of hydrogen-bond donors (Lipinski definition) is 3. The number of carbonyl (C=O) groups is 1. The van der Waals surface area contributed by atoms with E-state index in [2.05, 4.69) is 10.3 Å². The zero-order chi connectivity index (χ0) is 12.3. The Morgan fingerprint density at radius 2 is 2.24 bits per heavy atom. The number of carbonyl (C=O) groups excluding carboxylic acids is 1. The molecule has 0 saturated carbocycles. The van der Waals surface area contributed by atoms with E-state index in [0.717, 1.165) is 11.3 Å². The summed E-state index contributed by atoms with van der Waals surface area (Å²) in [6.45, 7) is 0.670. The van der Waals surface area contributed by atoms with Gasteiger partial charge in [-0.1, -0.05) is 11.6 Å². The minimum absolute atomic E-state index is 0.325. The maximum atomic E-state index is 11.1. The molecule has 4 nitrogen and oxygen atoms in total. The Bertz CT molecular complexity index is 523. The van der Waals surface area contributed by atoms with Crippen molar-refractivity contribution in [3.05, 3.63) is 52.8 Å². The highest BCUT2D eigenvalue weighted by molar-refractivity contribution is 6.33. The summed E-state index contributed by atoms with van der Waals surface area (Å²) in [5.41, 5.74) is 7.48. The van der Waals surface area contributed by atoms with Crippen molar-refractivity contribution in [2.24, 2.45) is 5.73 Å². The van der Waals surface area contributed by atoms with Gasteiger partial charge in [-0.15, -0.1) is 0 Å². The van der Waals surface area contributed by atoms with Crippen LogP contribution < -0.4 is 11.1 Å². The van der Waals surface area contributed by atoms with Crippen LogP contribution in [0.2, 0.25) is 5.02 Å². The summed E-state index contributed by atoms with van der Waals surface area (Å²) in [7, 11) is 0. The van der Waals surface area contributed by atoms with E-state index in [1.807, 2.05) is 18.5 Å². The first-order chi connectivity index (χ1) is 8.16. The van der Waals surface area contributed by atoms with E-state index in [1.165, 1.54) is 0 Å². The van der Waals surface area contributed by atoms with Gasteiger partial charge in [-0.25, -0.2) is 0 Å². The van der Waals surface area contributed by atoms with E-state index in [4.69, 9.17) is 17.3 Å². The van der Waals surface area contributed by atoms with Crippen molar-refractivity contribution >= 4 is 23.2 Å². The third-order valence-corrected chi connectivity index (χ3v) is 2.72. The van der Waals surface area contributed by atoms with Gasteiger partial charge in [0.05, 0.1) is 10.6 Å². The lowest BCUT2D eigenvalue weighted by atomic mass is 10.2. The summed E-state index contributed by atoms with van der Waals surface area (Å²) in [4.78, 5) is 14.1. The highest BCUT2D eigenvalue weighted by Gasteiger charge is 2.07. The van der Waals surface area contributed by atoms with Gasteiger partial charge in [-0.2, -0.15) is 0 Å². The van der Waals surface area contributed by atoms with E-state index < -0.39 is 5.91 Å². The quantitative estimate of drug-likeness (QED) is 0.779. The van der Waals surface area contributed by atoms with Crippen LogP contribution in [0.1, 0.15) is 15.9 Å². The Labute approximate surface area is 104 Å². The van der Waals surface area contributed by atoms with Gasteiger partial charge >= 0.3 is 0 Å². The molecule has 0 bridgehead atoms. The number of amides is 1. The minimum Gasteiger partial charge on any atom is -0.381 e. The molecule has 0 atom stereocenters. The molecule has 17 heavy (non-hydrogen) atoms. The van der Waals surface area contributed by atoms with Gasteiger partial charge in [0.2, 0.25) is 5.91 Å². The smallest absolute Gasteiger partial charge is 0.250 e. The number of nitrogens with one attached hydrogen (secondary N) is 2. The molecule has 1 amide bonds. The van der Waals surface area contributed by atoms with Crippen molar-refractivity contribution in [1.82, 2.24) is 4.98 Å². The molecule has 0 fully saturated rings. The predicted molar refractivity (Wildman–Crippen MR) is 68.1 cm³/mol. The van der Waals surface area contributed by atoms with Gasteiger partial charge < -0.3 is 16.0 Å². The van der Waals surface area contributed by atoms with Crippen molar-refractivity contribution in [2.45, 2.75) is 6.54 Å². The number of H-pyrrole nitrogens is 1. The van der Waals surface area contributed by atoms with Crippen molar-refractivity contribution in [3.63, 3.8) is 0 Å². The van der Waals surface area contributed by atoms with Gasteiger partial charge in [0.25, 0.3) is 0 Å². The molecule has 2 aromatic rings. The maximum absolute atomic E-state index is 11.1. The fourth-order valence-corrected chi connectivity index (χ4v) is 1.71. The number of hydrogen-bond acceptors (Lipinski definition) is 2. The third-order valence-electron chi connectivity index (χ3n) is 2.39. The summed E-state index contributed by atoms with van der Waals surface area (Å²) in [5.74, 6) is -0.528. The van der Waals surface area contributed by atoms with Crippen molar-refractivity contribution in [1.29, 1.82) is 0 Å². The maximum Gasteiger partial charge on any atom is 0.250 e. The Hall–Kier alpha value is -1.94. The van der Waals surface area contributed by atoms with Crippen molar-refractivity contribution in [3.8, 4) is 0 Å². The second-order valence-electron chi connectivity index (χ2n) is 3.63. The van der Waals surface area contributed by atoms with Crippen LogP contribution >= 0.6 is 11.6 Å². The molecular formula is C12H12ClN3O. The average molecular weight is 250 g/mol. The molecule has 88 valence electrons. The standard InChI is InChI=1S/C12H12ClN3O/c13-11-2-1-9(5-10(11)12(14)17)16-7-8-3-4-15-6-8/h1-6,15-16H,7H2,(H2,14,17). The lowest BCUT2D eigenvalue weighted by Gasteiger charge is -2.07. The number of anilines is 1. The number of aromatic amines is 1. The van der Waals surface area contributed by atoms with Crippen LogP contribution in [-0.2, 0) is 6.54 Å². The van der Waals surface area contributed by atoms with Crippen LogP contribution in [0.25, 0.3) is 0 Å². The molecule has 0 saturated heterocycles. The number of nitrogens with two attached hydrogens (primary N) is 1. The van der Waals surface area contributed by atoms with E-state index in [0.29, 0.717) is 17.1 Å². The zero-order valence-electron chi connectivity index (χ0n) is 9.03. The average Bonchev–Trinajstić information content (AvgIpc) is 2.80. The van der Waals surface area contributed by atoms with Crippen molar-refractivity contribution in [2.75, 3.05) is 5.32 Å². The second-order valence-corrected chi connectivity index (χ2v) is 4.04. The van der Waals surface area contributed by atoms with Crippen LogP contribution in [0.4, 0.5) is 5.69 Å². The Morgan fingerprint density at radius 3 is 2.88 bits per heavy atom. The normalized spacial score (nSPS) is 10.2. The topological polar surface area (TPSA) is 70.9 Å². The first-order valence-electron chi connectivity index (χ1n) is 5.11. The molecule has 0 aliphatic heterocycles. The van der Waals surface area contributed by atoms with Gasteiger partial charge in [-0.3, -0.25) is 4.79 Å². The van der Waals surface area contributed by atoms with Crippen LogP contribution in [0.5, 0.6) is 0 Å². The number of aromatic nitrogens is 1. The van der Waals surface area contributed by atoms with E-state index in [9.17, 15) is 4.79 Å². The molecule has 1 aromatic heterocycles. The highest BCUT2D eigenvalue weighted by atomic mass is 35.5. The molecule has 0 radical (unpaired) electrons. The summed E-state index contributed by atoms with van der Waals surface area (Å²) < 4.78 is 0. The largest absolute Gasteiger partial charge is 0.381 e. The number of rotatable bonds is 4. The molecule has 1 aromatic carbocycles. The second kappa shape index (κ2) is 4.93. The highest BCUT2D eigenvalue weighted by Crippen LogP contribution is 2.20. The first kappa shape index (κ1) is 11.5. The number of halogens is 1. The molecule has 5 heteroatoms. The third kappa shape index (κ3) is 2.79. The lowest BCUT2D eigenvalue weighted by Crippen LogP contribution is -2.12. The van der Waals surface area contributed by atoms with E-state index >= 15 is 0 Å². The molecule has 0 unspecified atom stereocenters. The van der Waals surface area contributed by atoms with Crippen LogP contribution in [-0.4, -0.2) is 10.9 Å². The summed E-state index contributed by atoms with van der Waals surface area (Å²) >= 11 is 5.86. The molecule has 0 aliphatic carbocycles. The number of primary amides is 1. The van der Waals surface area contributed by atoms with Gasteiger partial charge in [0.15, 0.2) is 0 Å². The monoisotopic (exact) mass is 249 g/mol. The zero-order valence-corrected chi connectivity index (χ0v) is 9.79. The Balaban J connectivity index is 2.11. The van der Waals surface area contributed by atoms with Gasteiger partial charge in [0, 0.05) is 24.6 Å². The molecule has 1 heterocycles. The van der Waals surface area contributed by atoms with Gasteiger partial charge in [-0.05, 0) is 29.8 Å². The van der Waals surface area contributed by atoms with Crippen LogP contribution in [0.15, 0.2) is 36.7 Å². The summed E-state index contributed by atoms with van der Waals surface area (Å²) in [5, 5.41) is 3.55. The first-order valence-corrected chi connectivity index (χ1v) is 5.49. The minimum atomic E-state index is -0.528. The van der Waals surface area contributed by atoms with Crippen molar-refractivity contribution < 1.29 is 4.79 Å². The molecule has 4 N–H and O–H groups in total. The summed E-state index contributed by atoms with van der Waals surface area (Å²) in [6.07, 6.45) is 3.76. The number of benzene rings is 1. The van der Waals surface area contributed by atoms with E-state index in [-0.39, 0.29) is 0 Å². The molecular weight excluding hydrogens is 238 g/mol. The summed E-state index contributed by atoms with van der Waals surface area (Å²) in [6, 6.07) is 7.08. The molecule has 0 aliphatic rings.